The number of hydrogen-bond acceptors (Lipinski definition) is 4. The lowest BCUT2D eigenvalue weighted by atomic mass is 10.2. The number of nitrogens with one attached hydrogen (secondary N) is 2. The lowest BCUT2D eigenvalue weighted by Crippen LogP contribution is -2.12. The molecule has 138 valence electrons. The standard InChI is InChI=1S/C20H17ClFN3O2/c1-12-3-6-19(27-2)18(7-12)24-15-8-13(10-23-11-15)20(26)25-14-4-5-17(22)16(21)9-14/h3-11,24H,1-2H3,(H,25,26). The number of pyridine rings is 1. The van der Waals surface area contributed by atoms with Crippen LogP contribution in [0.4, 0.5) is 21.5 Å². The Morgan fingerprint density at radius 2 is 1.93 bits per heavy atom. The molecule has 1 heterocycles. The van der Waals surface area contributed by atoms with Gasteiger partial charge in [-0.1, -0.05) is 17.7 Å². The van der Waals surface area contributed by atoms with Crippen LogP contribution in [-0.4, -0.2) is 18.0 Å². The first kappa shape index (κ1) is 18.7. The second-order valence-corrected chi connectivity index (χ2v) is 6.28. The van der Waals surface area contributed by atoms with Crippen LogP contribution in [-0.2, 0) is 0 Å². The van der Waals surface area contributed by atoms with Crippen molar-refractivity contribution >= 4 is 34.6 Å². The topological polar surface area (TPSA) is 63.2 Å². The highest BCUT2D eigenvalue weighted by atomic mass is 35.5. The summed E-state index contributed by atoms with van der Waals surface area (Å²) in [7, 11) is 1.59. The van der Waals surface area contributed by atoms with Crippen molar-refractivity contribution in [3.8, 4) is 5.75 Å². The quantitative estimate of drug-likeness (QED) is 0.634. The molecule has 0 bridgehead atoms. The van der Waals surface area contributed by atoms with Crippen molar-refractivity contribution in [1.82, 2.24) is 4.98 Å². The number of rotatable bonds is 5. The summed E-state index contributed by atoms with van der Waals surface area (Å²) in [6.07, 6.45) is 3.05. The summed E-state index contributed by atoms with van der Waals surface area (Å²) < 4.78 is 18.6. The highest BCUT2D eigenvalue weighted by Gasteiger charge is 2.10. The van der Waals surface area contributed by atoms with Crippen LogP contribution < -0.4 is 15.4 Å². The van der Waals surface area contributed by atoms with E-state index in [0.29, 0.717) is 22.7 Å². The third-order valence-electron chi connectivity index (χ3n) is 3.81. The van der Waals surface area contributed by atoms with Crippen molar-refractivity contribution in [2.45, 2.75) is 6.92 Å². The molecule has 27 heavy (non-hydrogen) atoms. The predicted molar refractivity (Wildman–Crippen MR) is 105 cm³/mol. The fourth-order valence-corrected chi connectivity index (χ4v) is 2.67. The van der Waals surface area contributed by atoms with Gasteiger partial charge in [-0.15, -0.1) is 0 Å². The molecule has 5 nitrogen and oxygen atoms in total. The SMILES string of the molecule is COc1ccc(C)cc1Nc1cncc(C(=O)Nc2ccc(F)c(Cl)c2)c1. The summed E-state index contributed by atoms with van der Waals surface area (Å²) in [5.74, 6) is -0.254. The van der Waals surface area contributed by atoms with Crippen LogP contribution in [0, 0.1) is 12.7 Å². The van der Waals surface area contributed by atoms with E-state index in [1.807, 2.05) is 25.1 Å². The molecular weight excluding hydrogens is 369 g/mol. The van der Waals surface area contributed by atoms with Gasteiger partial charge < -0.3 is 15.4 Å². The van der Waals surface area contributed by atoms with Crippen molar-refractivity contribution in [3.05, 3.63) is 76.8 Å². The molecule has 0 spiro atoms. The minimum atomic E-state index is -0.547. The van der Waals surface area contributed by atoms with E-state index >= 15 is 0 Å². The summed E-state index contributed by atoms with van der Waals surface area (Å²) in [5.41, 5.74) is 3.19. The van der Waals surface area contributed by atoms with Crippen LogP contribution in [0.1, 0.15) is 15.9 Å². The molecule has 0 atom stereocenters. The summed E-state index contributed by atoms with van der Waals surface area (Å²) in [4.78, 5) is 16.6. The van der Waals surface area contributed by atoms with Gasteiger partial charge in [0.2, 0.25) is 0 Å². The number of methoxy groups -OCH3 is 1. The second kappa shape index (κ2) is 8.05. The van der Waals surface area contributed by atoms with E-state index in [9.17, 15) is 9.18 Å². The van der Waals surface area contributed by atoms with Gasteiger partial charge in [0.1, 0.15) is 11.6 Å². The van der Waals surface area contributed by atoms with Gasteiger partial charge in [-0.3, -0.25) is 9.78 Å². The van der Waals surface area contributed by atoms with Gasteiger partial charge in [-0.2, -0.15) is 0 Å². The van der Waals surface area contributed by atoms with Crippen LogP contribution in [0.5, 0.6) is 5.75 Å². The molecule has 1 aromatic heterocycles. The first-order valence-electron chi connectivity index (χ1n) is 8.09. The minimum absolute atomic E-state index is 0.0621. The molecule has 7 heteroatoms. The Kier molecular flexibility index (Phi) is 5.57. The zero-order valence-electron chi connectivity index (χ0n) is 14.7. The van der Waals surface area contributed by atoms with Crippen molar-refractivity contribution in [3.63, 3.8) is 0 Å². The second-order valence-electron chi connectivity index (χ2n) is 5.87. The van der Waals surface area contributed by atoms with Crippen LogP contribution in [0.2, 0.25) is 5.02 Å². The Balaban J connectivity index is 1.80. The Labute approximate surface area is 161 Å². The number of carbonyl (C=O) groups excluding carboxylic acids is 1. The molecule has 3 aromatic rings. The van der Waals surface area contributed by atoms with Crippen LogP contribution in [0.3, 0.4) is 0 Å². The Morgan fingerprint density at radius 3 is 2.67 bits per heavy atom. The van der Waals surface area contributed by atoms with Crippen molar-refractivity contribution < 1.29 is 13.9 Å². The number of hydrogen-bond donors (Lipinski definition) is 2. The highest BCUT2D eigenvalue weighted by molar-refractivity contribution is 6.31. The Hall–Kier alpha value is -3.12. The molecule has 0 radical (unpaired) electrons. The Bertz CT molecular complexity index is 995. The molecule has 0 aliphatic carbocycles. The fraction of sp³-hybridized carbons (Fsp3) is 0.100. The minimum Gasteiger partial charge on any atom is -0.495 e. The molecule has 0 fully saturated rings. The van der Waals surface area contributed by atoms with Crippen molar-refractivity contribution in [2.75, 3.05) is 17.7 Å². The number of nitrogens with zero attached hydrogens (tertiary/aromatic N) is 1. The Morgan fingerprint density at radius 1 is 1.11 bits per heavy atom. The third kappa shape index (κ3) is 4.54. The van der Waals surface area contributed by atoms with Gasteiger partial charge in [-0.25, -0.2) is 4.39 Å². The summed E-state index contributed by atoms with van der Waals surface area (Å²) in [6.45, 7) is 1.97. The third-order valence-corrected chi connectivity index (χ3v) is 4.10. The van der Waals surface area contributed by atoms with Gasteiger partial charge in [0, 0.05) is 11.9 Å². The maximum atomic E-state index is 13.2. The monoisotopic (exact) mass is 385 g/mol. The normalized spacial score (nSPS) is 10.4. The van der Waals surface area contributed by atoms with E-state index in [1.54, 1.807) is 19.4 Å². The molecule has 3 rings (SSSR count). The molecule has 0 unspecified atom stereocenters. The zero-order valence-corrected chi connectivity index (χ0v) is 15.5. The maximum absolute atomic E-state index is 13.2. The summed E-state index contributed by atoms with van der Waals surface area (Å²) >= 11 is 5.74. The van der Waals surface area contributed by atoms with E-state index in [1.165, 1.54) is 24.4 Å². The molecule has 0 aliphatic rings. The van der Waals surface area contributed by atoms with Crippen LogP contribution in [0.15, 0.2) is 54.9 Å². The fourth-order valence-electron chi connectivity index (χ4n) is 2.48. The van der Waals surface area contributed by atoms with E-state index < -0.39 is 5.82 Å². The van der Waals surface area contributed by atoms with Crippen molar-refractivity contribution in [2.24, 2.45) is 0 Å². The molecule has 1 amide bonds. The number of amides is 1. The van der Waals surface area contributed by atoms with Crippen molar-refractivity contribution in [1.29, 1.82) is 0 Å². The van der Waals surface area contributed by atoms with Gasteiger partial charge in [-0.05, 0) is 48.9 Å². The predicted octanol–water partition coefficient (Wildman–Crippen LogP) is 5.19. The molecule has 2 N–H and O–H groups in total. The molecule has 0 saturated heterocycles. The molecule has 2 aromatic carbocycles. The van der Waals surface area contributed by atoms with E-state index in [-0.39, 0.29) is 10.9 Å². The van der Waals surface area contributed by atoms with Crippen LogP contribution >= 0.6 is 11.6 Å². The van der Waals surface area contributed by atoms with E-state index in [4.69, 9.17) is 16.3 Å². The van der Waals surface area contributed by atoms with Gasteiger partial charge in [0.25, 0.3) is 5.91 Å². The van der Waals surface area contributed by atoms with Gasteiger partial charge in [0.05, 0.1) is 35.3 Å². The van der Waals surface area contributed by atoms with E-state index in [2.05, 4.69) is 15.6 Å². The highest BCUT2D eigenvalue weighted by Crippen LogP contribution is 2.28. The number of anilines is 3. The lowest BCUT2D eigenvalue weighted by Gasteiger charge is -2.12. The number of halogens is 2. The number of ether oxygens (including phenoxy) is 1. The number of aryl methyl sites for hydroxylation is 1. The van der Waals surface area contributed by atoms with Gasteiger partial charge in [0.15, 0.2) is 0 Å². The van der Waals surface area contributed by atoms with E-state index in [0.717, 1.165) is 11.3 Å². The average Bonchev–Trinajstić information content (AvgIpc) is 2.65. The summed E-state index contributed by atoms with van der Waals surface area (Å²) in [5, 5.41) is 5.81. The van der Waals surface area contributed by atoms with Crippen LogP contribution in [0.25, 0.3) is 0 Å². The van der Waals surface area contributed by atoms with Gasteiger partial charge >= 0.3 is 0 Å². The summed E-state index contributed by atoms with van der Waals surface area (Å²) in [6, 6.07) is 11.4. The largest absolute Gasteiger partial charge is 0.495 e. The number of benzene rings is 2. The maximum Gasteiger partial charge on any atom is 0.257 e. The first-order valence-corrected chi connectivity index (χ1v) is 8.47. The zero-order chi connectivity index (χ0) is 19.4. The first-order chi connectivity index (χ1) is 13.0. The molecule has 0 aliphatic heterocycles. The average molecular weight is 386 g/mol. The number of aromatic nitrogens is 1. The number of carbonyl (C=O) groups is 1. The lowest BCUT2D eigenvalue weighted by molar-refractivity contribution is 0.102. The molecule has 0 saturated carbocycles. The smallest absolute Gasteiger partial charge is 0.257 e. The molecular formula is C20H17ClFN3O2.